The highest BCUT2D eigenvalue weighted by Gasteiger charge is 2.61. The number of amides is 2. The van der Waals surface area contributed by atoms with Crippen molar-refractivity contribution in [1.82, 2.24) is 0 Å². The number of hydrogen-bond acceptors (Lipinski definition) is 2. The third-order valence-electron chi connectivity index (χ3n) is 5.65. The molecule has 1 aromatic carbocycles. The topological polar surface area (TPSA) is 37.4 Å². The fraction of sp³-hybridized carbons (Fsp3) is 0.529. The summed E-state index contributed by atoms with van der Waals surface area (Å²) in [6, 6.07) is 3.95. The summed E-state index contributed by atoms with van der Waals surface area (Å²) in [6.07, 6.45) is 3.33. The number of nitrogens with zero attached hydrogens (tertiary/aromatic N) is 1. The molecule has 3 fully saturated rings. The van der Waals surface area contributed by atoms with Crippen LogP contribution in [0.5, 0.6) is 0 Å². The summed E-state index contributed by atoms with van der Waals surface area (Å²) >= 11 is 3.51. The van der Waals surface area contributed by atoms with Crippen LogP contribution in [-0.4, -0.2) is 11.8 Å². The molecule has 3 nitrogen and oxygen atoms in total. The second kappa shape index (κ2) is 4.42. The van der Waals surface area contributed by atoms with E-state index in [9.17, 15) is 9.59 Å². The molecule has 2 bridgehead atoms. The third kappa shape index (κ3) is 1.71. The second-order valence-electron chi connectivity index (χ2n) is 6.78. The summed E-state index contributed by atoms with van der Waals surface area (Å²) in [4.78, 5) is 27.1. The van der Waals surface area contributed by atoms with Gasteiger partial charge in [-0.3, -0.25) is 9.59 Å². The van der Waals surface area contributed by atoms with E-state index in [1.165, 1.54) is 4.90 Å². The molecule has 0 spiro atoms. The van der Waals surface area contributed by atoms with Crippen molar-refractivity contribution in [2.45, 2.75) is 33.1 Å². The maximum absolute atomic E-state index is 12.8. The molecule has 3 aliphatic rings. The van der Waals surface area contributed by atoms with Gasteiger partial charge in [0.05, 0.1) is 17.5 Å². The number of carbonyl (C=O) groups excluding carboxylic acids is 2. The molecule has 4 rings (SSSR count). The van der Waals surface area contributed by atoms with E-state index in [1.807, 2.05) is 26.0 Å². The van der Waals surface area contributed by atoms with Crippen molar-refractivity contribution in [2.24, 2.45) is 23.7 Å². The van der Waals surface area contributed by atoms with E-state index in [-0.39, 0.29) is 23.7 Å². The number of anilines is 1. The number of imide groups is 1. The maximum atomic E-state index is 12.8. The molecule has 1 aromatic rings. The average Bonchev–Trinajstić information content (AvgIpc) is 3.09. The molecule has 0 N–H and O–H groups in total. The Kier molecular flexibility index (Phi) is 2.84. The first-order chi connectivity index (χ1) is 9.99. The largest absolute Gasteiger partial charge is 0.274 e. The van der Waals surface area contributed by atoms with Crippen LogP contribution in [0.25, 0.3) is 0 Å². The Balaban J connectivity index is 1.79. The Labute approximate surface area is 132 Å². The van der Waals surface area contributed by atoms with Crippen molar-refractivity contribution in [2.75, 3.05) is 4.90 Å². The second-order valence-corrected chi connectivity index (χ2v) is 7.64. The summed E-state index contributed by atoms with van der Waals surface area (Å²) in [5.41, 5.74) is 2.80. The minimum Gasteiger partial charge on any atom is -0.274 e. The lowest BCUT2D eigenvalue weighted by Gasteiger charge is -2.20. The lowest BCUT2D eigenvalue weighted by Crippen LogP contribution is -2.33. The minimum absolute atomic E-state index is 0.0420. The lowest BCUT2D eigenvalue weighted by molar-refractivity contribution is -0.123. The van der Waals surface area contributed by atoms with Crippen LogP contribution >= 0.6 is 15.9 Å². The smallest absolute Gasteiger partial charge is 0.237 e. The van der Waals surface area contributed by atoms with Gasteiger partial charge in [-0.05, 0) is 68.2 Å². The highest BCUT2D eigenvalue weighted by Crippen LogP contribution is 2.56. The number of hydrogen-bond donors (Lipinski definition) is 0. The van der Waals surface area contributed by atoms with Gasteiger partial charge >= 0.3 is 0 Å². The molecular weight excluding hydrogens is 330 g/mol. The summed E-state index contributed by atoms with van der Waals surface area (Å²) in [7, 11) is 0. The van der Waals surface area contributed by atoms with Crippen LogP contribution in [-0.2, 0) is 9.59 Å². The number of halogens is 1. The van der Waals surface area contributed by atoms with Gasteiger partial charge < -0.3 is 0 Å². The maximum Gasteiger partial charge on any atom is 0.237 e. The number of rotatable bonds is 1. The van der Waals surface area contributed by atoms with Crippen LogP contribution in [0, 0.1) is 37.5 Å². The Hall–Kier alpha value is -1.16. The zero-order valence-electron chi connectivity index (χ0n) is 12.2. The van der Waals surface area contributed by atoms with E-state index in [0.29, 0.717) is 11.8 Å². The monoisotopic (exact) mass is 347 g/mol. The predicted molar refractivity (Wildman–Crippen MR) is 83.9 cm³/mol. The molecule has 21 heavy (non-hydrogen) atoms. The van der Waals surface area contributed by atoms with Gasteiger partial charge in [-0.2, -0.15) is 0 Å². The Morgan fingerprint density at radius 3 is 2.14 bits per heavy atom. The van der Waals surface area contributed by atoms with Gasteiger partial charge in [-0.1, -0.05) is 15.9 Å². The Bertz CT molecular complexity index is 641. The molecule has 2 aliphatic carbocycles. The van der Waals surface area contributed by atoms with E-state index >= 15 is 0 Å². The fourth-order valence-electron chi connectivity index (χ4n) is 4.65. The van der Waals surface area contributed by atoms with Crippen LogP contribution < -0.4 is 4.90 Å². The molecule has 0 aromatic heterocycles. The molecule has 4 atom stereocenters. The SMILES string of the molecule is Cc1cc(N2C(=O)[C@H]3[C@H]4CC[C@@H](C4)[C@@H]3C2=O)c(C)cc1Br. The van der Waals surface area contributed by atoms with Crippen molar-refractivity contribution < 1.29 is 9.59 Å². The van der Waals surface area contributed by atoms with Gasteiger partial charge in [0, 0.05) is 4.47 Å². The van der Waals surface area contributed by atoms with Crippen molar-refractivity contribution in [3.63, 3.8) is 0 Å². The van der Waals surface area contributed by atoms with Gasteiger partial charge in [0.25, 0.3) is 0 Å². The van der Waals surface area contributed by atoms with Crippen LogP contribution in [0.3, 0.4) is 0 Å². The fourth-order valence-corrected chi connectivity index (χ4v) is 5.11. The molecule has 1 saturated heterocycles. The Morgan fingerprint density at radius 2 is 1.57 bits per heavy atom. The number of aryl methyl sites for hydroxylation is 2. The summed E-state index contributed by atoms with van der Waals surface area (Å²) in [5.74, 6) is 0.889. The van der Waals surface area contributed by atoms with E-state index in [4.69, 9.17) is 0 Å². The van der Waals surface area contributed by atoms with E-state index in [0.717, 1.165) is 40.5 Å². The van der Waals surface area contributed by atoms with Gasteiger partial charge in [-0.15, -0.1) is 0 Å². The summed E-state index contributed by atoms with van der Waals surface area (Å²) in [5, 5.41) is 0. The van der Waals surface area contributed by atoms with Crippen molar-refractivity contribution in [1.29, 1.82) is 0 Å². The first kappa shape index (κ1) is 13.5. The van der Waals surface area contributed by atoms with Gasteiger partial charge in [-0.25, -0.2) is 4.90 Å². The van der Waals surface area contributed by atoms with E-state index in [1.54, 1.807) is 0 Å². The normalized spacial score (nSPS) is 34.0. The molecule has 2 amide bonds. The summed E-state index contributed by atoms with van der Waals surface area (Å²) in [6.45, 7) is 3.95. The van der Waals surface area contributed by atoms with Crippen LogP contribution in [0.2, 0.25) is 0 Å². The molecule has 4 heteroatoms. The molecular formula is C17H18BrNO2. The van der Waals surface area contributed by atoms with Crippen molar-refractivity contribution in [3.8, 4) is 0 Å². The zero-order chi connectivity index (χ0) is 14.9. The lowest BCUT2D eigenvalue weighted by atomic mass is 9.81. The van der Waals surface area contributed by atoms with E-state index < -0.39 is 0 Å². The molecule has 0 radical (unpaired) electrons. The zero-order valence-corrected chi connectivity index (χ0v) is 13.8. The highest BCUT2D eigenvalue weighted by atomic mass is 79.9. The number of benzene rings is 1. The van der Waals surface area contributed by atoms with Crippen LogP contribution in [0.4, 0.5) is 5.69 Å². The molecule has 1 aliphatic heterocycles. The molecule has 2 saturated carbocycles. The first-order valence-corrected chi connectivity index (χ1v) is 8.43. The van der Waals surface area contributed by atoms with Crippen LogP contribution in [0.1, 0.15) is 30.4 Å². The van der Waals surface area contributed by atoms with Gasteiger partial charge in [0.2, 0.25) is 11.8 Å². The van der Waals surface area contributed by atoms with Crippen molar-refractivity contribution in [3.05, 3.63) is 27.7 Å². The molecule has 1 heterocycles. The van der Waals surface area contributed by atoms with Crippen LogP contribution in [0.15, 0.2) is 16.6 Å². The molecule has 0 unspecified atom stereocenters. The standard InChI is InChI=1S/C17H18BrNO2/c1-8-6-13(9(2)5-12(8)18)19-16(20)14-10-3-4-11(7-10)15(14)17(19)21/h5-6,10-11,14-15H,3-4,7H2,1-2H3/t10-,11-,14-,15-/m0/s1. The Morgan fingerprint density at radius 1 is 1.00 bits per heavy atom. The average molecular weight is 348 g/mol. The highest BCUT2D eigenvalue weighted by molar-refractivity contribution is 9.10. The summed E-state index contributed by atoms with van der Waals surface area (Å²) < 4.78 is 1.02. The minimum atomic E-state index is -0.0420. The predicted octanol–water partition coefficient (Wildman–Crippen LogP) is 3.60. The van der Waals surface area contributed by atoms with Gasteiger partial charge in [0.1, 0.15) is 0 Å². The van der Waals surface area contributed by atoms with Gasteiger partial charge in [0.15, 0.2) is 0 Å². The number of carbonyl (C=O) groups is 2. The van der Waals surface area contributed by atoms with E-state index in [2.05, 4.69) is 15.9 Å². The first-order valence-electron chi connectivity index (χ1n) is 7.63. The van der Waals surface area contributed by atoms with Crippen molar-refractivity contribution >= 4 is 33.4 Å². The third-order valence-corrected chi connectivity index (χ3v) is 6.50. The molecule has 110 valence electrons. The quantitative estimate of drug-likeness (QED) is 0.728. The number of fused-ring (bicyclic) bond motifs is 5.